The van der Waals surface area contributed by atoms with Gasteiger partial charge in [0, 0.05) is 0 Å². The summed E-state index contributed by atoms with van der Waals surface area (Å²) < 4.78 is 0.945. The van der Waals surface area contributed by atoms with Crippen LogP contribution in [0.25, 0.3) is 0 Å². The Morgan fingerprint density at radius 1 is 1.29 bits per heavy atom. The Balaban J connectivity index is 2.44. The van der Waals surface area contributed by atoms with Crippen molar-refractivity contribution < 1.29 is 20.2 Å². The summed E-state index contributed by atoms with van der Waals surface area (Å²) in [5.74, 6) is 0. The summed E-state index contributed by atoms with van der Waals surface area (Å²) in [6.07, 6.45) is 8.94. The van der Waals surface area contributed by atoms with Crippen molar-refractivity contribution in [2.75, 3.05) is 0 Å². The van der Waals surface area contributed by atoms with E-state index < -0.39 is 20.2 Å². The summed E-state index contributed by atoms with van der Waals surface area (Å²) in [6, 6.07) is 0. The average molecular weight is 393 g/mol. The third-order valence-corrected chi connectivity index (χ3v) is 13.4. The van der Waals surface area contributed by atoms with Gasteiger partial charge in [-0.2, -0.15) is 0 Å². The van der Waals surface area contributed by atoms with E-state index in [0.717, 1.165) is 3.43 Å². The van der Waals surface area contributed by atoms with E-state index in [1.807, 2.05) is 0 Å². The number of hydrogen-bond donors (Lipinski definition) is 0. The standard InChI is InChI=1S/C5H5.Hg.HI/c1-2-4-5-3-1;;/h1-5H;;1H/q;+1;/p-1. The Morgan fingerprint density at radius 3 is 2.14 bits per heavy atom. The third kappa shape index (κ3) is 1.84. The molecule has 1 aliphatic rings. The molecule has 0 spiro atoms. The van der Waals surface area contributed by atoms with Gasteiger partial charge in [-0.3, -0.25) is 0 Å². The first-order chi connectivity index (χ1) is 3.43. The maximum absolute atomic E-state index is 2.61. The van der Waals surface area contributed by atoms with E-state index in [9.17, 15) is 0 Å². The van der Waals surface area contributed by atoms with Gasteiger partial charge in [-0.25, -0.2) is 0 Å². The van der Waals surface area contributed by atoms with Crippen LogP contribution in [0.1, 0.15) is 0 Å². The molecule has 0 saturated carbocycles. The van der Waals surface area contributed by atoms with Gasteiger partial charge in [0.25, 0.3) is 0 Å². The first-order valence-electron chi connectivity index (χ1n) is 2.34. The SMILES string of the molecule is [I][Hg][CH]1C=CC=C1. The molecule has 0 atom stereocenters. The molecule has 0 saturated heterocycles. The Hall–Kier alpha value is 1.15. The zero-order valence-electron chi connectivity index (χ0n) is 3.97. The molecule has 2 heteroatoms. The fourth-order valence-corrected chi connectivity index (χ4v) is 7.75. The molecule has 1 rings (SSSR count). The van der Waals surface area contributed by atoms with Gasteiger partial charge in [0.15, 0.2) is 0 Å². The predicted octanol–water partition coefficient (Wildman–Crippen LogP) is 2.33. The van der Waals surface area contributed by atoms with E-state index >= 15 is 0 Å². The fourth-order valence-electron chi connectivity index (χ4n) is 0.581. The molecule has 7 heavy (non-hydrogen) atoms. The van der Waals surface area contributed by atoms with Gasteiger partial charge in [0.2, 0.25) is 0 Å². The van der Waals surface area contributed by atoms with Gasteiger partial charge in [-0.05, 0) is 0 Å². The molecule has 0 aromatic heterocycles. The summed E-state index contributed by atoms with van der Waals surface area (Å²) in [5.41, 5.74) is 0. The number of rotatable bonds is 1. The van der Waals surface area contributed by atoms with Gasteiger partial charge in [0.05, 0.1) is 0 Å². The molecule has 0 fully saturated rings. The van der Waals surface area contributed by atoms with E-state index in [1.165, 1.54) is 0 Å². The van der Waals surface area contributed by atoms with Crippen LogP contribution in [0.3, 0.4) is 0 Å². The van der Waals surface area contributed by atoms with Crippen molar-refractivity contribution >= 4 is 17.7 Å². The maximum atomic E-state index is 2.61. The normalized spacial score (nSPS) is 17.9. The first kappa shape index (κ1) is 6.27. The molecular formula is C5H5HgI. The molecule has 0 N–H and O–H groups in total. The van der Waals surface area contributed by atoms with Crippen LogP contribution in [0.15, 0.2) is 24.3 Å². The predicted molar refractivity (Wildman–Crippen MR) is 36.0 cm³/mol. The van der Waals surface area contributed by atoms with Crippen molar-refractivity contribution in [2.45, 2.75) is 3.43 Å². The molecule has 0 nitrogen and oxygen atoms in total. The van der Waals surface area contributed by atoms with E-state index in [1.54, 1.807) is 0 Å². The van der Waals surface area contributed by atoms with Crippen molar-refractivity contribution in [1.82, 2.24) is 0 Å². The van der Waals surface area contributed by atoms with Crippen LogP contribution in [-0.2, 0) is 20.2 Å². The number of allylic oxidation sites excluding steroid dienone is 4. The van der Waals surface area contributed by atoms with Gasteiger partial charge in [-0.15, -0.1) is 0 Å². The van der Waals surface area contributed by atoms with E-state index in [2.05, 4.69) is 42.0 Å². The third-order valence-electron chi connectivity index (χ3n) is 1.01. The van der Waals surface area contributed by atoms with Crippen molar-refractivity contribution in [3.63, 3.8) is 0 Å². The van der Waals surface area contributed by atoms with Crippen LogP contribution in [0.2, 0.25) is 3.43 Å². The zero-order valence-corrected chi connectivity index (χ0v) is 11.6. The van der Waals surface area contributed by atoms with Gasteiger partial charge in [0.1, 0.15) is 0 Å². The van der Waals surface area contributed by atoms with Crippen LogP contribution >= 0.6 is 17.7 Å². The topological polar surface area (TPSA) is 0 Å². The molecule has 0 aromatic carbocycles. The fraction of sp³-hybridized carbons (Fsp3) is 0.200. The van der Waals surface area contributed by atoms with E-state index in [-0.39, 0.29) is 0 Å². The molecular weight excluding hydrogens is 388 g/mol. The van der Waals surface area contributed by atoms with Crippen LogP contribution < -0.4 is 0 Å². The summed E-state index contributed by atoms with van der Waals surface area (Å²) in [4.78, 5) is 0. The second kappa shape index (κ2) is 3.23. The second-order valence-electron chi connectivity index (χ2n) is 1.59. The minimum absolute atomic E-state index is 0.429. The Labute approximate surface area is 64.9 Å². The van der Waals surface area contributed by atoms with E-state index in [4.69, 9.17) is 0 Å². The molecule has 0 bridgehead atoms. The monoisotopic (exact) mass is 394 g/mol. The van der Waals surface area contributed by atoms with E-state index in [0.29, 0.717) is 0 Å². The first-order valence-corrected chi connectivity index (χ1v) is 21.0. The van der Waals surface area contributed by atoms with Gasteiger partial charge < -0.3 is 0 Å². The quantitative estimate of drug-likeness (QED) is 0.475. The van der Waals surface area contributed by atoms with Crippen LogP contribution in [-0.4, -0.2) is 0 Å². The molecule has 0 aromatic rings. The van der Waals surface area contributed by atoms with Gasteiger partial charge >= 0.3 is 65.6 Å². The van der Waals surface area contributed by atoms with Crippen LogP contribution in [0, 0.1) is 0 Å². The van der Waals surface area contributed by atoms with Crippen LogP contribution in [0.5, 0.6) is 0 Å². The zero-order chi connectivity index (χ0) is 5.11. The molecule has 0 amide bonds. The number of hydrogen-bond acceptors (Lipinski definition) is 0. The molecule has 0 heterocycles. The number of halogens is 1. The summed E-state index contributed by atoms with van der Waals surface area (Å²) >= 11 is 2.18. The van der Waals surface area contributed by atoms with Crippen molar-refractivity contribution in [2.24, 2.45) is 0 Å². The Bertz CT molecular complexity index is 94.6. The van der Waals surface area contributed by atoms with Crippen molar-refractivity contribution in [3.05, 3.63) is 24.3 Å². The molecule has 0 aliphatic heterocycles. The molecule has 34 valence electrons. The summed E-state index contributed by atoms with van der Waals surface area (Å²) in [6.45, 7) is 0. The summed E-state index contributed by atoms with van der Waals surface area (Å²) in [7, 11) is 0. The molecule has 0 radical (unpaired) electrons. The average Bonchev–Trinajstić information content (AvgIpc) is 2.14. The van der Waals surface area contributed by atoms with Crippen LogP contribution in [0.4, 0.5) is 0 Å². The summed E-state index contributed by atoms with van der Waals surface area (Å²) in [5, 5.41) is 0. The molecule has 0 unspecified atom stereocenters. The minimum atomic E-state index is -0.429. The molecule has 1 aliphatic carbocycles. The van der Waals surface area contributed by atoms with Gasteiger partial charge in [-0.1, -0.05) is 0 Å². The van der Waals surface area contributed by atoms with Crippen molar-refractivity contribution in [1.29, 1.82) is 0 Å². The Kier molecular flexibility index (Phi) is 2.89. The van der Waals surface area contributed by atoms with Crippen molar-refractivity contribution in [3.8, 4) is 0 Å². The second-order valence-corrected chi connectivity index (χ2v) is 14.2. The Morgan fingerprint density at radius 2 is 1.86 bits per heavy atom.